The van der Waals surface area contributed by atoms with E-state index in [1.807, 2.05) is 13.0 Å². The van der Waals surface area contributed by atoms with Crippen molar-refractivity contribution in [2.24, 2.45) is 5.73 Å². The average molecular weight is 206 g/mol. The summed E-state index contributed by atoms with van der Waals surface area (Å²) in [5.74, 6) is 0. The van der Waals surface area contributed by atoms with Crippen LogP contribution in [0.1, 0.15) is 30.0 Å². The van der Waals surface area contributed by atoms with Crippen molar-refractivity contribution in [3.63, 3.8) is 0 Å². The molecule has 0 saturated carbocycles. The highest BCUT2D eigenvalue weighted by Gasteiger charge is 2.06. The van der Waals surface area contributed by atoms with E-state index in [9.17, 15) is 0 Å². The Bertz CT molecular complexity index is 382. The predicted octanol–water partition coefficient (Wildman–Crippen LogP) is 2.91. The van der Waals surface area contributed by atoms with E-state index in [2.05, 4.69) is 19.1 Å². The summed E-state index contributed by atoms with van der Waals surface area (Å²) >= 11 is 1.67. The van der Waals surface area contributed by atoms with Gasteiger partial charge in [0.2, 0.25) is 0 Å². The Morgan fingerprint density at radius 1 is 1.50 bits per heavy atom. The van der Waals surface area contributed by atoms with Gasteiger partial charge in [-0.2, -0.15) is 5.26 Å². The summed E-state index contributed by atoms with van der Waals surface area (Å²) < 4.78 is 0. The quantitative estimate of drug-likeness (QED) is 0.773. The summed E-state index contributed by atoms with van der Waals surface area (Å²) in [6, 6.07) is 6.20. The molecule has 1 aromatic heterocycles. The van der Waals surface area contributed by atoms with E-state index in [4.69, 9.17) is 11.0 Å². The van der Waals surface area contributed by atoms with Gasteiger partial charge >= 0.3 is 0 Å². The molecule has 74 valence electrons. The zero-order chi connectivity index (χ0) is 10.6. The van der Waals surface area contributed by atoms with Crippen molar-refractivity contribution in [3.05, 3.63) is 27.5 Å². The second-order valence-corrected chi connectivity index (χ2v) is 4.15. The molecule has 0 saturated heterocycles. The maximum atomic E-state index is 8.84. The predicted molar refractivity (Wildman–Crippen MR) is 60.7 cm³/mol. The number of aryl methyl sites for hydroxylation is 1. The lowest BCUT2D eigenvalue weighted by molar-refractivity contribution is 1.15. The fourth-order valence-corrected chi connectivity index (χ4v) is 2.12. The molecule has 2 nitrogen and oxygen atoms in total. The first kappa shape index (κ1) is 10.8. The molecule has 0 aliphatic carbocycles. The summed E-state index contributed by atoms with van der Waals surface area (Å²) in [4.78, 5) is 2.32. The number of nitrogens with zero attached hydrogens (tertiary/aromatic N) is 1. The largest absolute Gasteiger partial charge is 0.397 e. The normalized spacial score (nSPS) is 12.1. The number of hydrogen-bond acceptors (Lipinski definition) is 3. The Kier molecular flexibility index (Phi) is 3.73. The van der Waals surface area contributed by atoms with Gasteiger partial charge in [0.15, 0.2) is 0 Å². The Labute approximate surface area is 88.7 Å². The first-order valence-electron chi connectivity index (χ1n) is 4.70. The van der Waals surface area contributed by atoms with Crippen molar-refractivity contribution in [2.75, 3.05) is 0 Å². The van der Waals surface area contributed by atoms with E-state index in [0.717, 1.165) is 11.3 Å². The molecule has 0 aromatic carbocycles. The maximum absolute atomic E-state index is 8.84. The van der Waals surface area contributed by atoms with Gasteiger partial charge in [0.25, 0.3) is 0 Å². The molecule has 0 aliphatic heterocycles. The van der Waals surface area contributed by atoms with Crippen LogP contribution in [0.5, 0.6) is 0 Å². The third-order valence-electron chi connectivity index (χ3n) is 2.09. The SMILES string of the molecule is CC/C(C#N)=C(/N)c1ccc(CC)s1. The minimum atomic E-state index is 0.639. The van der Waals surface area contributed by atoms with E-state index >= 15 is 0 Å². The van der Waals surface area contributed by atoms with Crippen LogP contribution in [0.4, 0.5) is 0 Å². The Morgan fingerprint density at radius 3 is 2.64 bits per heavy atom. The number of allylic oxidation sites excluding steroid dienone is 1. The summed E-state index contributed by atoms with van der Waals surface area (Å²) in [5.41, 5.74) is 7.21. The van der Waals surface area contributed by atoms with E-state index < -0.39 is 0 Å². The molecule has 1 rings (SSSR count). The Balaban J connectivity index is 3.05. The van der Waals surface area contributed by atoms with Gasteiger partial charge in [-0.05, 0) is 25.0 Å². The monoisotopic (exact) mass is 206 g/mol. The lowest BCUT2D eigenvalue weighted by Gasteiger charge is -1.99. The molecule has 2 N–H and O–H groups in total. The van der Waals surface area contributed by atoms with Gasteiger partial charge in [0, 0.05) is 4.88 Å². The van der Waals surface area contributed by atoms with Crippen LogP contribution in [-0.2, 0) is 6.42 Å². The molecule has 14 heavy (non-hydrogen) atoms. The van der Waals surface area contributed by atoms with E-state index in [1.54, 1.807) is 11.3 Å². The molecule has 0 amide bonds. The van der Waals surface area contributed by atoms with Crippen molar-refractivity contribution in [2.45, 2.75) is 26.7 Å². The molecular weight excluding hydrogens is 192 g/mol. The number of hydrogen-bond donors (Lipinski definition) is 1. The lowest BCUT2D eigenvalue weighted by atomic mass is 10.1. The molecule has 0 atom stereocenters. The smallest absolute Gasteiger partial charge is 0.0969 e. The van der Waals surface area contributed by atoms with E-state index in [1.165, 1.54) is 4.88 Å². The van der Waals surface area contributed by atoms with Gasteiger partial charge in [0.05, 0.1) is 22.2 Å². The minimum absolute atomic E-state index is 0.639. The summed E-state index contributed by atoms with van der Waals surface area (Å²) in [6.07, 6.45) is 1.72. The van der Waals surface area contributed by atoms with Crippen LogP contribution in [0.3, 0.4) is 0 Å². The number of nitriles is 1. The standard InChI is InChI=1S/C11H14N2S/c1-3-8(7-12)11(13)10-6-5-9(4-2)14-10/h5-6H,3-4,13H2,1-2H3/b11-8-. The number of rotatable bonds is 3. The van der Waals surface area contributed by atoms with Gasteiger partial charge in [-0.15, -0.1) is 11.3 Å². The van der Waals surface area contributed by atoms with Gasteiger partial charge in [-0.1, -0.05) is 13.8 Å². The maximum Gasteiger partial charge on any atom is 0.0969 e. The fourth-order valence-electron chi connectivity index (χ4n) is 1.19. The second kappa shape index (κ2) is 4.83. The Hall–Kier alpha value is -1.27. The lowest BCUT2D eigenvalue weighted by Crippen LogP contribution is -1.97. The molecule has 0 radical (unpaired) electrons. The molecule has 0 unspecified atom stereocenters. The molecule has 0 bridgehead atoms. The third kappa shape index (κ3) is 2.15. The molecule has 0 aliphatic rings. The van der Waals surface area contributed by atoms with Gasteiger partial charge in [0.1, 0.15) is 0 Å². The van der Waals surface area contributed by atoms with Gasteiger partial charge in [-0.3, -0.25) is 0 Å². The zero-order valence-electron chi connectivity index (χ0n) is 8.50. The highest BCUT2D eigenvalue weighted by molar-refractivity contribution is 7.13. The van der Waals surface area contributed by atoms with Crippen molar-refractivity contribution in [1.29, 1.82) is 5.26 Å². The fraction of sp³-hybridized carbons (Fsp3) is 0.364. The van der Waals surface area contributed by atoms with Crippen LogP contribution in [0.25, 0.3) is 5.70 Å². The molecule has 3 heteroatoms. The zero-order valence-corrected chi connectivity index (χ0v) is 9.32. The summed E-state index contributed by atoms with van der Waals surface area (Å²) in [6.45, 7) is 4.06. The van der Waals surface area contributed by atoms with Crippen molar-refractivity contribution in [3.8, 4) is 6.07 Å². The first-order chi connectivity index (χ1) is 6.72. The molecular formula is C11H14N2S. The molecule has 0 fully saturated rings. The minimum Gasteiger partial charge on any atom is -0.397 e. The van der Waals surface area contributed by atoms with Crippen LogP contribution in [-0.4, -0.2) is 0 Å². The third-order valence-corrected chi connectivity index (χ3v) is 3.35. The topological polar surface area (TPSA) is 49.8 Å². The van der Waals surface area contributed by atoms with Crippen LogP contribution in [0.15, 0.2) is 17.7 Å². The van der Waals surface area contributed by atoms with Gasteiger partial charge in [-0.25, -0.2) is 0 Å². The van der Waals surface area contributed by atoms with Crippen LogP contribution >= 0.6 is 11.3 Å². The molecule has 0 spiro atoms. The highest BCUT2D eigenvalue weighted by atomic mass is 32.1. The van der Waals surface area contributed by atoms with Crippen LogP contribution in [0.2, 0.25) is 0 Å². The van der Waals surface area contributed by atoms with Crippen LogP contribution < -0.4 is 5.73 Å². The first-order valence-corrected chi connectivity index (χ1v) is 5.52. The van der Waals surface area contributed by atoms with Crippen LogP contribution in [0, 0.1) is 11.3 Å². The highest BCUT2D eigenvalue weighted by Crippen LogP contribution is 2.24. The van der Waals surface area contributed by atoms with E-state index in [0.29, 0.717) is 17.7 Å². The molecule has 1 aromatic rings. The number of nitrogens with two attached hydrogens (primary N) is 1. The Morgan fingerprint density at radius 2 is 2.21 bits per heavy atom. The van der Waals surface area contributed by atoms with Crippen molar-refractivity contribution in [1.82, 2.24) is 0 Å². The van der Waals surface area contributed by atoms with Crippen molar-refractivity contribution < 1.29 is 0 Å². The second-order valence-electron chi connectivity index (χ2n) is 2.98. The molecule has 1 heterocycles. The summed E-state index contributed by atoms with van der Waals surface area (Å²) in [5, 5.41) is 8.84. The van der Waals surface area contributed by atoms with Crippen molar-refractivity contribution >= 4 is 17.0 Å². The van der Waals surface area contributed by atoms with Gasteiger partial charge < -0.3 is 5.73 Å². The van der Waals surface area contributed by atoms with E-state index in [-0.39, 0.29) is 0 Å². The average Bonchev–Trinajstić information content (AvgIpc) is 2.67. The number of thiophene rings is 1. The summed E-state index contributed by atoms with van der Waals surface area (Å²) in [7, 11) is 0.